The van der Waals surface area contributed by atoms with Gasteiger partial charge in [0.25, 0.3) is 0 Å². The maximum absolute atomic E-state index is 7.00. The first-order valence-corrected chi connectivity index (χ1v) is 18.7. The van der Waals surface area contributed by atoms with Gasteiger partial charge in [0.2, 0.25) is 0 Å². The summed E-state index contributed by atoms with van der Waals surface area (Å²) in [6, 6.07) is 63.9. The molecule has 3 aromatic heterocycles. The number of fused-ring (bicyclic) bond motifs is 10. The summed E-state index contributed by atoms with van der Waals surface area (Å²) >= 11 is 0. The lowest BCUT2D eigenvalue weighted by molar-refractivity contribution is 0.632. The lowest BCUT2D eigenvalue weighted by Gasteiger charge is -2.18. The van der Waals surface area contributed by atoms with Gasteiger partial charge in [-0.25, -0.2) is 0 Å². The maximum atomic E-state index is 7.00. The molecule has 12 aromatic rings. The summed E-state index contributed by atoms with van der Waals surface area (Å²) < 4.78 is 20.4. The first-order chi connectivity index (χ1) is 27.3. The third-order valence-electron chi connectivity index (χ3n) is 11.3. The van der Waals surface area contributed by atoms with E-state index in [9.17, 15) is 0 Å². The Labute approximate surface area is 315 Å². The molecule has 55 heavy (non-hydrogen) atoms. The van der Waals surface area contributed by atoms with Gasteiger partial charge < -0.3 is 13.3 Å². The molecule has 0 spiro atoms. The lowest BCUT2D eigenvalue weighted by Crippen LogP contribution is -1.91. The van der Waals surface area contributed by atoms with Crippen LogP contribution in [0.5, 0.6) is 0 Å². The Morgan fingerprint density at radius 2 is 0.709 bits per heavy atom. The first-order valence-electron chi connectivity index (χ1n) is 18.7. The van der Waals surface area contributed by atoms with Crippen molar-refractivity contribution in [3.8, 4) is 44.7 Å². The van der Waals surface area contributed by atoms with E-state index in [0.717, 1.165) is 121 Å². The number of hydrogen-bond donors (Lipinski definition) is 0. The lowest BCUT2D eigenvalue weighted by atomic mass is 9.85. The Balaban J connectivity index is 1.18. The molecule has 12 rings (SSSR count). The molecule has 0 aliphatic heterocycles. The van der Waals surface area contributed by atoms with Gasteiger partial charge in [-0.05, 0) is 45.3 Å². The minimum absolute atomic E-state index is 0.828. The van der Waals surface area contributed by atoms with Crippen molar-refractivity contribution in [2.75, 3.05) is 0 Å². The Morgan fingerprint density at radius 3 is 1.33 bits per heavy atom. The number of benzene rings is 9. The topological polar surface area (TPSA) is 39.4 Å². The summed E-state index contributed by atoms with van der Waals surface area (Å²) in [4.78, 5) is 0. The van der Waals surface area contributed by atoms with Crippen molar-refractivity contribution in [3.63, 3.8) is 0 Å². The van der Waals surface area contributed by atoms with E-state index in [1.165, 1.54) is 0 Å². The summed E-state index contributed by atoms with van der Waals surface area (Å²) in [5, 5.41) is 10.0. The third-order valence-corrected chi connectivity index (χ3v) is 11.3. The highest BCUT2D eigenvalue weighted by molar-refractivity contribution is 6.29. The van der Waals surface area contributed by atoms with Gasteiger partial charge in [-0.3, -0.25) is 0 Å². The highest BCUT2D eigenvalue weighted by Crippen LogP contribution is 2.51. The summed E-state index contributed by atoms with van der Waals surface area (Å²) in [5.41, 5.74) is 12.0. The van der Waals surface area contributed by atoms with Crippen molar-refractivity contribution in [2.24, 2.45) is 0 Å². The summed E-state index contributed by atoms with van der Waals surface area (Å²) in [6.07, 6.45) is 0. The fourth-order valence-electron chi connectivity index (χ4n) is 9.00. The molecule has 0 saturated carbocycles. The van der Waals surface area contributed by atoms with Crippen molar-refractivity contribution in [3.05, 3.63) is 182 Å². The molecule has 0 amide bonds. The summed E-state index contributed by atoms with van der Waals surface area (Å²) in [5.74, 6) is 0.854. The van der Waals surface area contributed by atoms with E-state index in [1.54, 1.807) is 0 Å². The van der Waals surface area contributed by atoms with E-state index >= 15 is 0 Å². The molecular formula is C52H30O3. The molecule has 0 saturated heterocycles. The van der Waals surface area contributed by atoms with E-state index in [4.69, 9.17) is 13.3 Å². The quantitative estimate of drug-likeness (QED) is 0.171. The van der Waals surface area contributed by atoms with Crippen LogP contribution in [0.4, 0.5) is 0 Å². The number of rotatable bonds is 4. The van der Waals surface area contributed by atoms with E-state index in [2.05, 4.69) is 170 Å². The minimum atomic E-state index is 0.828. The van der Waals surface area contributed by atoms with Gasteiger partial charge in [-0.1, -0.05) is 164 Å². The second-order valence-corrected chi connectivity index (χ2v) is 14.3. The van der Waals surface area contributed by atoms with Gasteiger partial charge in [0.15, 0.2) is 0 Å². The number of hydrogen-bond acceptors (Lipinski definition) is 3. The van der Waals surface area contributed by atoms with Crippen LogP contribution in [0.1, 0.15) is 0 Å². The molecule has 0 fully saturated rings. The van der Waals surface area contributed by atoms with Gasteiger partial charge in [0, 0.05) is 60.3 Å². The molecule has 3 heterocycles. The molecule has 0 bridgehead atoms. The van der Waals surface area contributed by atoms with Crippen molar-refractivity contribution in [1.29, 1.82) is 0 Å². The van der Waals surface area contributed by atoms with E-state index < -0.39 is 0 Å². The predicted molar refractivity (Wildman–Crippen MR) is 228 cm³/mol. The van der Waals surface area contributed by atoms with E-state index in [-0.39, 0.29) is 0 Å². The van der Waals surface area contributed by atoms with Gasteiger partial charge >= 0.3 is 0 Å². The predicted octanol–water partition coefficient (Wildman–Crippen LogP) is 15.2. The van der Waals surface area contributed by atoms with Crippen LogP contribution in [0.2, 0.25) is 0 Å². The Kier molecular flexibility index (Phi) is 6.34. The van der Waals surface area contributed by atoms with Crippen LogP contribution >= 0.6 is 0 Å². The average Bonchev–Trinajstić information content (AvgIpc) is 3.95. The second-order valence-electron chi connectivity index (χ2n) is 14.3. The number of para-hydroxylation sites is 3. The molecule has 0 radical (unpaired) electrons. The Hall–Kier alpha value is -7.36. The maximum Gasteiger partial charge on any atom is 0.143 e. The highest BCUT2D eigenvalue weighted by atomic mass is 16.3. The number of furan rings is 3. The van der Waals surface area contributed by atoms with Gasteiger partial charge in [-0.2, -0.15) is 0 Å². The first kappa shape index (κ1) is 30.1. The van der Waals surface area contributed by atoms with Crippen LogP contribution in [-0.2, 0) is 0 Å². The van der Waals surface area contributed by atoms with Crippen LogP contribution in [0.3, 0.4) is 0 Å². The molecular weight excluding hydrogens is 673 g/mol. The zero-order chi connectivity index (χ0) is 36.0. The fraction of sp³-hybridized carbons (Fsp3) is 0. The van der Waals surface area contributed by atoms with Crippen molar-refractivity contribution in [1.82, 2.24) is 0 Å². The SMILES string of the molecule is c1ccc(-c2oc3ccc4oc5c(-c6c7ccccc7c(-c7cccc8c7oc7ccccc78)c7ccccc67)cccc5c4c3c2-c2ccccc2)cc1. The van der Waals surface area contributed by atoms with Crippen molar-refractivity contribution >= 4 is 76.4 Å². The van der Waals surface area contributed by atoms with Crippen LogP contribution in [0, 0.1) is 0 Å². The second kappa shape index (κ2) is 11.6. The molecule has 0 aliphatic rings. The van der Waals surface area contributed by atoms with Crippen molar-refractivity contribution < 1.29 is 13.3 Å². The molecule has 0 aliphatic carbocycles. The van der Waals surface area contributed by atoms with Crippen LogP contribution in [0.15, 0.2) is 195 Å². The zero-order valence-electron chi connectivity index (χ0n) is 29.5. The standard InChI is InChI=1S/C52H30O3/c1-3-15-31(16-4-1)45-49-44(54-50(45)32-17-5-2-6-18-32)30-29-43-48(49)41-27-14-26-40(52(41)55-43)47-36-22-9-7-20-34(36)46(35-21-8-10-23-37(35)47)39-25-13-24-38-33-19-11-12-28-42(33)53-51(38)39/h1-30H. The van der Waals surface area contributed by atoms with Gasteiger partial charge in [0.1, 0.15) is 33.7 Å². The third kappa shape index (κ3) is 4.32. The fourth-order valence-corrected chi connectivity index (χ4v) is 9.00. The molecule has 256 valence electrons. The van der Waals surface area contributed by atoms with E-state index in [1.807, 2.05) is 12.1 Å². The normalized spacial score (nSPS) is 12.0. The molecule has 0 atom stereocenters. The summed E-state index contributed by atoms with van der Waals surface area (Å²) in [7, 11) is 0. The smallest absolute Gasteiger partial charge is 0.143 e. The Morgan fingerprint density at radius 1 is 0.255 bits per heavy atom. The largest absolute Gasteiger partial charge is 0.455 e. The molecule has 0 unspecified atom stereocenters. The van der Waals surface area contributed by atoms with Crippen LogP contribution in [-0.4, -0.2) is 0 Å². The molecule has 0 N–H and O–H groups in total. The molecule has 3 nitrogen and oxygen atoms in total. The van der Waals surface area contributed by atoms with E-state index in [0.29, 0.717) is 0 Å². The molecule has 9 aromatic carbocycles. The van der Waals surface area contributed by atoms with Gasteiger partial charge in [0.05, 0.1) is 0 Å². The van der Waals surface area contributed by atoms with Crippen LogP contribution in [0.25, 0.3) is 121 Å². The van der Waals surface area contributed by atoms with Crippen LogP contribution < -0.4 is 0 Å². The van der Waals surface area contributed by atoms with Crippen molar-refractivity contribution in [2.45, 2.75) is 0 Å². The zero-order valence-corrected chi connectivity index (χ0v) is 29.5. The summed E-state index contributed by atoms with van der Waals surface area (Å²) in [6.45, 7) is 0. The Bertz CT molecular complexity index is 3420. The molecule has 3 heteroatoms. The van der Waals surface area contributed by atoms with Gasteiger partial charge in [-0.15, -0.1) is 0 Å². The highest BCUT2D eigenvalue weighted by Gasteiger charge is 2.26. The monoisotopic (exact) mass is 702 g/mol. The average molecular weight is 703 g/mol. The minimum Gasteiger partial charge on any atom is -0.455 e.